The molecule has 0 spiro atoms. The summed E-state index contributed by atoms with van der Waals surface area (Å²) in [7, 11) is 0. The Morgan fingerprint density at radius 2 is 1.15 bits per heavy atom. The second-order valence-electron chi connectivity index (χ2n) is 10.5. The molecule has 2 heterocycles. The number of aryl methyl sites for hydroxylation is 2. The van der Waals surface area contributed by atoms with Crippen molar-refractivity contribution in [1.82, 2.24) is 5.06 Å². The highest BCUT2D eigenvalue weighted by molar-refractivity contribution is 5.47. The Morgan fingerprint density at radius 1 is 0.641 bits per heavy atom. The molecule has 0 aromatic heterocycles. The second kappa shape index (κ2) is 11.7. The zero-order valence-electron chi connectivity index (χ0n) is 22.5. The van der Waals surface area contributed by atoms with Gasteiger partial charge in [-0.2, -0.15) is 0 Å². The van der Waals surface area contributed by atoms with E-state index in [1.807, 2.05) is 54.6 Å². The average Bonchev–Trinajstić information content (AvgIpc) is 3.46. The van der Waals surface area contributed by atoms with E-state index in [0.717, 1.165) is 28.0 Å². The predicted octanol–water partition coefficient (Wildman–Crippen LogP) is 6.72. The zero-order valence-corrected chi connectivity index (χ0v) is 22.5. The Labute approximate surface area is 230 Å². The van der Waals surface area contributed by atoms with Crippen molar-refractivity contribution in [1.29, 1.82) is 0 Å². The molecule has 0 amide bonds. The van der Waals surface area contributed by atoms with Crippen molar-refractivity contribution in [2.45, 2.75) is 58.0 Å². The van der Waals surface area contributed by atoms with Crippen LogP contribution < -0.4 is 4.84 Å². The van der Waals surface area contributed by atoms with Gasteiger partial charge in [0.2, 0.25) is 0 Å². The van der Waals surface area contributed by atoms with E-state index in [0.29, 0.717) is 26.4 Å². The van der Waals surface area contributed by atoms with Gasteiger partial charge in [0.15, 0.2) is 5.75 Å². The minimum atomic E-state index is -0.246. The maximum Gasteiger partial charge on any atom is 0.152 e. The number of fused-ring (bicyclic) bond motifs is 3. The topological polar surface area (TPSA) is 40.2 Å². The number of hydrogen-bond acceptors (Lipinski definition) is 5. The summed E-state index contributed by atoms with van der Waals surface area (Å²) in [6.45, 7) is 6.25. The van der Waals surface area contributed by atoms with Crippen LogP contribution in [-0.2, 0) is 34.0 Å². The van der Waals surface area contributed by atoms with E-state index in [-0.39, 0.29) is 24.3 Å². The normalized spacial score (nSPS) is 21.9. The number of benzene rings is 4. The summed E-state index contributed by atoms with van der Waals surface area (Å²) in [5.41, 5.74) is 7.01. The van der Waals surface area contributed by atoms with E-state index >= 15 is 0 Å². The van der Waals surface area contributed by atoms with E-state index in [4.69, 9.17) is 19.0 Å². The summed E-state index contributed by atoms with van der Waals surface area (Å²) in [4.78, 5) is 6.54. The molecule has 4 atom stereocenters. The van der Waals surface area contributed by atoms with Crippen LogP contribution in [0.25, 0.3) is 0 Å². The van der Waals surface area contributed by atoms with Crippen LogP contribution in [0.5, 0.6) is 5.75 Å². The molecular formula is C34H35NO4. The van der Waals surface area contributed by atoms with Gasteiger partial charge in [0.1, 0.15) is 18.2 Å². The van der Waals surface area contributed by atoms with Crippen molar-refractivity contribution in [3.8, 4) is 5.75 Å². The lowest BCUT2D eigenvalue weighted by Crippen LogP contribution is -2.42. The maximum atomic E-state index is 6.72. The molecule has 5 nitrogen and oxygen atoms in total. The Kier molecular flexibility index (Phi) is 7.75. The first-order chi connectivity index (χ1) is 19.2. The third-order valence-electron chi connectivity index (χ3n) is 7.73. The summed E-state index contributed by atoms with van der Waals surface area (Å²) >= 11 is 0. The van der Waals surface area contributed by atoms with Crippen molar-refractivity contribution in [3.63, 3.8) is 0 Å². The molecule has 0 N–H and O–H groups in total. The molecule has 0 radical (unpaired) electrons. The largest absolute Gasteiger partial charge is 0.404 e. The fourth-order valence-corrected chi connectivity index (χ4v) is 5.53. The SMILES string of the molecule is Cc1cc2c(cc1C)[C@@H]1[C@@H](OCc3ccccc3)[C@H](OCc3ccccc3)[C@@H](COCc3ccccc3)N1O2. The molecule has 4 aromatic carbocycles. The first-order valence-corrected chi connectivity index (χ1v) is 13.7. The summed E-state index contributed by atoms with van der Waals surface area (Å²) in [6, 6.07) is 35.0. The van der Waals surface area contributed by atoms with Gasteiger partial charge in [-0.3, -0.25) is 0 Å². The molecule has 4 aromatic rings. The lowest BCUT2D eigenvalue weighted by molar-refractivity contribution is -0.125. The molecule has 0 saturated carbocycles. The van der Waals surface area contributed by atoms with Crippen molar-refractivity contribution >= 4 is 0 Å². The maximum absolute atomic E-state index is 6.72. The van der Waals surface area contributed by atoms with Crippen LogP contribution in [0.15, 0.2) is 103 Å². The van der Waals surface area contributed by atoms with Crippen molar-refractivity contribution in [2.75, 3.05) is 6.61 Å². The zero-order chi connectivity index (χ0) is 26.6. The van der Waals surface area contributed by atoms with Crippen molar-refractivity contribution in [3.05, 3.63) is 137 Å². The van der Waals surface area contributed by atoms with E-state index in [1.165, 1.54) is 11.1 Å². The first-order valence-electron chi connectivity index (χ1n) is 13.7. The molecule has 5 heteroatoms. The Morgan fingerprint density at radius 3 is 1.74 bits per heavy atom. The third kappa shape index (κ3) is 5.63. The molecule has 0 unspecified atom stereocenters. The van der Waals surface area contributed by atoms with Gasteiger partial charge in [-0.1, -0.05) is 97.1 Å². The summed E-state index contributed by atoms with van der Waals surface area (Å²) in [5, 5.41) is 2.07. The Bertz CT molecular complexity index is 1360. The van der Waals surface area contributed by atoms with Gasteiger partial charge in [-0.15, -0.1) is 5.06 Å². The van der Waals surface area contributed by atoms with Crippen LogP contribution >= 0.6 is 0 Å². The van der Waals surface area contributed by atoms with Gasteiger partial charge in [0, 0.05) is 5.56 Å². The summed E-state index contributed by atoms with van der Waals surface area (Å²) in [5.74, 6) is 0.894. The highest BCUT2D eigenvalue weighted by atomic mass is 16.7. The number of ether oxygens (including phenoxy) is 3. The average molecular weight is 522 g/mol. The van der Waals surface area contributed by atoms with Gasteiger partial charge in [0.25, 0.3) is 0 Å². The molecule has 2 aliphatic heterocycles. The minimum Gasteiger partial charge on any atom is -0.404 e. The van der Waals surface area contributed by atoms with Crippen molar-refractivity contribution in [2.24, 2.45) is 0 Å². The van der Waals surface area contributed by atoms with Gasteiger partial charge >= 0.3 is 0 Å². The Balaban J connectivity index is 1.30. The number of hydroxylamine groups is 2. The third-order valence-corrected chi connectivity index (χ3v) is 7.73. The minimum absolute atomic E-state index is 0.0888. The standard InChI is InChI=1S/C34H35NO4/c1-24-18-29-31(19-25(24)2)39-35-30(23-36-20-26-12-6-3-7-13-26)33(37-21-27-14-8-4-9-15-27)34(32(29)35)38-22-28-16-10-5-11-17-28/h3-19,30,32-34H,20-23H2,1-2H3/t30-,32-,33-,34-/m1/s1. The first kappa shape index (κ1) is 25.8. The fourth-order valence-electron chi connectivity index (χ4n) is 5.53. The number of hydrogen-bond donors (Lipinski definition) is 0. The number of rotatable bonds is 10. The van der Waals surface area contributed by atoms with Gasteiger partial charge in [-0.05, 0) is 47.7 Å². The lowest BCUT2D eigenvalue weighted by atomic mass is 9.96. The lowest BCUT2D eigenvalue weighted by Gasteiger charge is -2.27. The van der Waals surface area contributed by atoms with E-state index < -0.39 is 0 Å². The van der Waals surface area contributed by atoms with Gasteiger partial charge in [0.05, 0.1) is 32.5 Å². The molecule has 1 saturated heterocycles. The van der Waals surface area contributed by atoms with Gasteiger partial charge < -0.3 is 19.0 Å². The molecule has 200 valence electrons. The molecule has 39 heavy (non-hydrogen) atoms. The highest BCUT2D eigenvalue weighted by Gasteiger charge is 2.56. The highest BCUT2D eigenvalue weighted by Crippen LogP contribution is 2.49. The monoisotopic (exact) mass is 521 g/mol. The van der Waals surface area contributed by atoms with Gasteiger partial charge in [-0.25, -0.2) is 0 Å². The smallest absolute Gasteiger partial charge is 0.152 e. The van der Waals surface area contributed by atoms with Crippen LogP contribution in [0.1, 0.15) is 39.4 Å². The van der Waals surface area contributed by atoms with Crippen molar-refractivity contribution < 1.29 is 19.0 Å². The van der Waals surface area contributed by atoms with Crippen LogP contribution in [0.2, 0.25) is 0 Å². The molecule has 0 bridgehead atoms. The van der Waals surface area contributed by atoms with E-state index in [2.05, 4.69) is 67.4 Å². The molecule has 6 rings (SSSR count). The summed E-state index contributed by atoms with van der Waals surface area (Å²) < 4.78 is 19.7. The molecule has 0 aliphatic carbocycles. The van der Waals surface area contributed by atoms with E-state index in [9.17, 15) is 0 Å². The Hall–Kier alpha value is -3.48. The quantitative estimate of drug-likeness (QED) is 0.232. The van der Waals surface area contributed by atoms with E-state index in [1.54, 1.807) is 0 Å². The summed E-state index contributed by atoms with van der Waals surface area (Å²) in [6.07, 6.45) is -0.480. The predicted molar refractivity (Wildman–Crippen MR) is 151 cm³/mol. The second-order valence-corrected chi connectivity index (χ2v) is 10.5. The van der Waals surface area contributed by atoms with Crippen LogP contribution in [0.4, 0.5) is 0 Å². The molecule has 2 aliphatic rings. The number of nitrogens with zero attached hydrogens (tertiary/aromatic N) is 1. The fraction of sp³-hybridized carbons (Fsp3) is 0.294. The van der Waals surface area contributed by atoms with Crippen LogP contribution in [-0.4, -0.2) is 29.9 Å². The van der Waals surface area contributed by atoms with Crippen LogP contribution in [0, 0.1) is 13.8 Å². The molecular weight excluding hydrogens is 486 g/mol. The molecule has 1 fully saturated rings. The van der Waals surface area contributed by atoms with Crippen LogP contribution in [0.3, 0.4) is 0 Å².